The van der Waals surface area contributed by atoms with E-state index in [1.165, 1.54) is 212 Å². The van der Waals surface area contributed by atoms with Crippen molar-refractivity contribution in [2.24, 2.45) is 0 Å². The summed E-state index contributed by atoms with van der Waals surface area (Å²) < 4.78 is 16.8. The zero-order valence-corrected chi connectivity index (χ0v) is 47.1. The Morgan fingerprint density at radius 3 is 0.814 bits per heavy atom. The van der Waals surface area contributed by atoms with Crippen molar-refractivity contribution in [2.75, 3.05) is 13.2 Å². The molecular weight excluding hydrogens is 865 g/mol. The molecule has 0 aliphatic carbocycles. The van der Waals surface area contributed by atoms with E-state index >= 15 is 0 Å². The maximum atomic E-state index is 12.8. The van der Waals surface area contributed by atoms with Crippen LogP contribution in [0.5, 0.6) is 0 Å². The third kappa shape index (κ3) is 56.5. The molecule has 0 aliphatic heterocycles. The first-order valence-corrected chi connectivity index (χ1v) is 31.0. The molecule has 0 radical (unpaired) electrons. The molecule has 0 spiro atoms. The third-order valence-corrected chi connectivity index (χ3v) is 13.8. The van der Waals surface area contributed by atoms with Crippen molar-refractivity contribution >= 4 is 17.9 Å². The molecule has 6 nitrogen and oxygen atoms in total. The zero-order valence-electron chi connectivity index (χ0n) is 47.1. The van der Waals surface area contributed by atoms with Gasteiger partial charge in [-0.3, -0.25) is 14.4 Å². The van der Waals surface area contributed by atoms with Gasteiger partial charge in [-0.05, 0) is 83.5 Å². The van der Waals surface area contributed by atoms with Gasteiger partial charge in [-0.1, -0.05) is 269 Å². The lowest BCUT2D eigenvalue weighted by molar-refractivity contribution is -0.167. The van der Waals surface area contributed by atoms with Gasteiger partial charge in [0.05, 0.1) is 0 Å². The Kier molecular flexibility index (Phi) is 57.2. The molecule has 0 fully saturated rings. The lowest BCUT2D eigenvalue weighted by Gasteiger charge is -2.18. The van der Waals surface area contributed by atoms with Crippen LogP contribution in [0.15, 0.2) is 36.5 Å². The highest BCUT2D eigenvalue weighted by Gasteiger charge is 2.19. The molecule has 0 aliphatic rings. The van der Waals surface area contributed by atoms with Crippen LogP contribution < -0.4 is 0 Å². The molecule has 0 amide bonds. The second kappa shape index (κ2) is 59.2. The van der Waals surface area contributed by atoms with E-state index in [1.54, 1.807) is 0 Å². The monoisotopic (exact) mass is 983 g/mol. The second-order valence-corrected chi connectivity index (χ2v) is 21.0. The molecule has 6 heteroatoms. The number of rotatable bonds is 57. The molecule has 410 valence electrons. The minimum atomic E-state index is -0.776. The largest absolute Gasteiger partial charge is 0.462 e. The third-order valence-electron chi connectivity index (χ3n) is 13.8. The normalized spacial score (nSPS) is 12.2. The predicted octanol–water partition coefficient (Wildman–Crippen LogP) is 20.8. The number of ether oxygens (including phenoxy) is 3. The number of hydrogen-bond acceptors (Lipinski definition) is 6. The maximum Gasteiger partial charge on any atom is 0.306 e. The van der Waals surface area contributed by atoms with Gasteiger partial charge in [0, 0.05) is 19.3 Å². The van der Waals surface area contributed by atoms with E-state index in [2.05, 4.69) is 57.2 Å². The summed E-state index contributed by atoms with van der Waals surface area (Å²) in [6.45, 7) is 6.56. The Bertz CT molecular complexity index is 1170. The molecule has 0 aromatic carbocycles. The molecular formula is C64H118O6. The van der Waals surface area contributed by atoms with E-state index in [9.17, 15) is 14.4 Å². The summed E-state index contributed by atoms with van der Waals surface area (Å²) in [6.07, 6.45) is 71.9. The van der Waals surface area contributed by atoms with Gasteiger partial charge in [0.1, 0.15) is 13.2 Å². The average Bonchev–Trinajstić information content (AvgIpc) is 3.36. The SMILES string of the molecule is CCC/C=C\CCCCCCCC(=O)OCC(COC(=O)CCCCCCCCCCCCCCCCCCCCC/C=C\CCCCCCCCCC)OC(=O)CCCCCCC/C=C\CCCC. The van der Waals surface area contributed by atoms with Crippen LogP contribution in [0, 0.1) is 0 Å². The number of carbonyl (C=O) groups excluding carboxylic acids is 3. The van der Waals surface area contributed by atoms with Gasteiger partial charge in [0.15, 0.2) is 6.10 Å². The first-order chi connectivity index (χ1) is 34.5. The van der Waals surface area contributed by atoms with Crippen LogP contribution in [0.2, 0.25) is 0 Å². The summed E-state index contributed by atoms with van der Waals surface area (Å²) in [4.78, 5) is 38.0. The van der Waals surface area contributed by atoms with Gasteiger partial charge in [-0.25, -0.2) is 0 Å². The highest BCUT2D eigenvalue weighted by molar-refractivity contribution is 5.71. The Balaban J connectivity index is 4.00. The summed E-state index contributed by atoms with van der Waals surface area (Å²) in [5.74, 6) is -0.882. The Labute approximate surface area is 435 Å². The van der Waals surface area contributed by atoms with Gasteiger partial charge < -0.3 is 14.2 Å². The van der Waals surface area contributed by atoms with Crippen LogP contribution in [-0.4, -0.2) is 37.2 Å². The summed E-state index contributed by atoms with van der Waals surface area (Å²) in [7, 11) is 0. The smallest absolute Gasteiger partial charge is 0.306 e. The molecule has 0 saturated carbocycles. The van der Waals surface area contributed by atoms with E-state index in [0.29, 0.717) is 19.3 Å². The fraction of sp³-hybridized carbons (Fsp3) is 0.859. The highest BCUT2D eigenvalue weighted by atomic mass is 16.6. The number of unbranched alkanes of at least 4 members (excludes halogenated alkanes) is 40. The summed E-state index contributed by atoms with van der Waals surface area (Å²) >= 11 is 0. The Morgan fingerprint density at radius 1 is 0.271 bits per heavy atom. The number of allylic oxidation sites excluding steroid dienone is 6. The van der Waals surface area contributed by atoms with E-state index in [1.807, 2.05) is 0 Å². The van der Waals surface area contributed by atoms with Crippen LogP contribution in [0.25, 0.3) is 0 Å². The summed E-state index contributed by atoms with van der Waals surface area (Å²) in [5, 5.41) is 0. The predicted molar refractivity (Wildman–Crippen MR) is 302 cm³/mol. The van der Waals surface area contributed by atoms with Crippen molar-refractivity contribution in [1.82, 2.24) is 0 Å². The van der Waals surface area contributed by atoms with Crippen molar-refractivity contribution in [1.29, 1.82) is 0 Å². The number of hydrogen-bond donors (Lipinski definition) is 0. The number of esters is 3. The minimum Gasteiger partial charge on any atom is -0.462 e. The van der Waals surface area contributed by atoms with Crippen molar-refractivity contribution in [3.8, 4) is 0 Å². The van der Waals surface area contributed by atoms with Crippen LogP contribution in [0.3, 0.4) is 0 Å². The molecule has 0 heterocycles. The standard InChI is InChI=1S/C64H118O6/c1-4-7-10-13-16-19-22-23-24-25-26-27-28-29-30-31-32-33-34-35-36-37-38-39-40-41-43-45-48-51-54-57-63(66)69-60-61(59-68-62(65)56-53-50-47-44-21-18-15-12-9-6-3)70-64(67)58-55-52-49-46-42-20-17-14-11-8-5-2/h12,14-15,17,25-26,61H,4-11,13,16,18-24,27-60H2,1-3H3/b15-12-,17-14-,26-25-. The van der Waals surface area contributed by atoms with Crippen LogP contribution in [-0.2, 0) is 28.6 Å². The fourth-order valence-electron chi connectivity index (χ4n) is 9.13. The molecule has 70 heavy (non-hydrogen) atoms. The molecule has 0 bridgehead atoms. The molecule has 0 aromatic heterocycles. The molecule has 0 N–H and O–H groups in total. The average molecular weight is 984 g/mol. The molecule has 0 saturated heterocycles. The molecule has 0 rings (SSSR count). The second-order valence-electron chi connectivity index (χ2n) is 21.0. The van der Waals surface area contributed by atoms with Gasteiger partial charge >= 0.3 is 17.9 Å². The maximum absolute atomic E-state index is 12.8. The summed E-state index contributed by atoms with van der Waals surface area (Å²) in [5.41, 5.74) is 0. The zero-order chi connectivity index (χ0) is 50.7. The van der Waals surface area contributed by atoms with E-state index in [-0.39, 0.29) is 31.1 Å². The van der Waals surface area contributed by atoms with Crippen molar-refractivity contribution in [3.63, 3.8) is 0 Å². The topological polar surface area (TPSA) is 78.9 Å². The quantitative estimate of drug-likeness (QED) is 0.0261. The molecule has 0 aromatic rings. The lowest BCUT2D eigenvalue weighted by Crippen LogP contribution is -2.30. The van der Waals surface area contributed by atoms with Gasteiger partial charge in [-0.2, -0.15) is 0 Å². The number of carbonyl (C=O) groups is 3. The summed E-state index contributed by atoms with van der Waals surface area (Å²) in [6, 6.07) is 0. The van der Waals surface area contributed by atoms with Gasteiger partial charge in [-0.15, -0.1) is 0 Å². The van der Waals surface area contributed by atoms with Crippen molar-refractivity contribution < 1.29 is 28.6 Å². The van der Waals surface area contributed by atoms with Gasteiger partial charge in [0.25, 0.3) is 0 Å². The van der Waals surface area contributed by atoms with Gasteiger partial charge in [0.2, 0.25) is 0 Å². The lowest BCUT2D eigenvalue weighted by atomic mass is 10.0. The van der Waals surface area contributed by atoms with Crippen molar-refractivity contribution in [2.45, 2.75) is 341 Å². The van der Waals surface area contributed by atoms with E-state index < -0.39 is 6.10 Å². The first kappa shape index (κ1) is 67.6. The Morgan fingerprint density at radius 2 is 0.514 bits per heavy atom. The van der Waals surface area contributed by atoms with Crippen LogP contribution >= 0.6 is 0 Å². The van der Waals surface area contributed by atoms with E-state index in [0.717, 1.165) is 83.5 Å². The molecule has 1 unspecified atom stereocenters. The Hall–Kier alpha value is -2.37. The van der Waals surface area contributed by atoms with E-state index in [4.69, 9.17) is 14.2 Å². The molecule has 1 atom stereocenters. The van der Waals surface area contributed by atoms with Crippen molar-refractivity contribution in [3.05, 3.63) is 36.5 Å². The fourth-order valence-corrected chi connectivity index (χ4v) is 9.13. The van der Waals surface area contributed by atoms with Crippen LogP contribution in [0.4, 0.5) is 0 Å². The first-order valence-electron chi connectivity index (χ1n) is 31.0. The minimum absolute atomic E-state index is 0.0750. The van der Waals surface area contributed by atoms with Crippen LogP contribution in [0.1, 0.15) is 335 Å². The highest BCUT2D eigenvalue weighted by Crippen LogP contribution is 2.17.